The highest BCUT2D eigenvalue weighted by atomic mass is 19.1. The zero-order chi connectivity index (χ0) is 17.7. The molecule has 7 heteroatoms. The third kappa shape index (κ3) is 2.44. The average Bonchev–Trinajstić information content (AvgIpc) is 2.85. The van der Waals surface area contributed by atoms with Crippen molar-refractivity contribution in [1.82, 2.24) is 19.7 Å². The second-order valence-corrected chi connectivity index (χ2v) is 6.17. The maximum Gasteiger partial charge on any atom is 0.277 e. The number of hydrogen-bond donors (Lipinski definition) is 2. The average molecular weight is 338 g/mol. The van der Waals surface area contributed by atoms with Crippen molar-refractivity contribution in [2.75, 3.05) is 0 Å². The van der Waals surface area contributed by atoms with Crippen molar-refractivity contribution in [3.63, 3.8) is 0 Å². The molecule has 0 radical (unpaired) electrons. The van der Waals surface area contributed by atoms with Gasteiger partial charge in [0.2, 0.25) is 0 Å². The molecule has 3 aromatic heterocycles. The fourth-order valence-electron chi connectivity index (χ4n) is 3.28. The molecule has 2 N–H and O–H groups in total. The number of nitrogens with one attached hydrogen (secondary N) is 2. The van der Waals surface area contributed by atoms with Crippen molar-refractivity contribution in [3.8, 4) is 0 Å². The number of pyridine rings is 1. The SMILES string of the molecule is Cc1cc2c(Cc3cn(C)c4ccc(F)cc34)n[nH]c(=O)c2c(=O)[nH]1. The predicted octanol–water partition coefficient (Wildman–Crippen LogP) is 2.14. The molecule has 1 aromatic carbocycles. The van der Waals surface area contributed by atoms with E-state index in [1.54, 1.807) is 19.1 Å². The van der Waals surface area contributed by atoms with E-state index in [0.717, 1.165) is 16.5 Å². The highest BCUT2D eigenvalue weighted by Crippen LogP contribution is 2.25. The maximum absolute atomic E-state index is 13.7. The first-order chi connectivity index (χ1) is 11.9. The van der Waals surface area contributed by atoms with Gasteiger partial charge in [0.15, 0.2) is 0 Å². The fraction of sp³-hybridized carbons (Fsp3) is 0.167. The van der Waals surface area contributed by atoms with E-state index in [1.807, 2.05) is 17.8 Å². The zero-order valence-electron chi connectivity index (χ0n) is 13.7. The molecule has 6 nitrogen and oxygen atoms in total. The molecule has 0 atom stereocenters. The van der Waals surface area contributed by atoms with Gasteiger partial charge < -0.3 is 9.55 Å². The first kappa shape index (κ1) is 15.3. The highest BCUT2D eigenvalue weighted by molar-refractivity contribution is 5.87. The standard InChI is InChI=1S/C18H15FN4O2/c1-9-5-13-14(21-22-18(25)16(13)17(24)20-9)6-10-8-23(2)15-4-3-11(19)7-12(10)15/h3-5,7-8H,6H2,1-2H3,(H,20,24)(H,22,25). The molecule has 0 aliphatic rings. The van der Waals surface area contributed by atoms with Crippen LogP contribution in [0.2, 0.25) is 0 Å². The Morgan fingerprint density at radius 3 is 2.76 bits per heavy atom. The molecule has 4 aromatic rings. The molecule has 0 unspecified atom stereocenters. The maximum atomic E-state index is 13.7. The number of aromatic amines is 2. The normalized spacial score (nSPS) is 11.5. The van der Waals surface area contributed by atoms with Crippen LogP contribution < -0.4 is 11.1 Å². The van der Waals surface area contributed by atoms with Crippen molar-refractivity contribution in [2.24, 2.45) is 7.05 Å². The van der Waals surface area contributed by atoms with Gasteiger partial charge in [0, 0.05) is 41.6 Å². The van der Waals surface area contributed by atoms with Crippen LogP contribution in [0.15, 0.2) is 40.1 Å². The van der Waals surface area contributed by atoms with E-state index in [-0.39, 0.29) is 11.2 Å². The quantitative estimate of drug-likeness (QED) is 0.587. The monoisotopic (exact) mass is 338 g/mol. The van der Waals surface area contributed by atoms with Gasteiger partial charge >= 0.3 is 0 Å². The summed E-state index contributed by atoms with van der Waals surface area (Å²) in [5, 5.41) is 7.86. The zero-order valence-corrected chi connectivity index (χ0v) is 13.7. The van der Waals surface area contributed by atoms with Crippen LogP contribution in [-0.4, -0.2) is 19.7 Å². The Bertz CT molecular complexity index is 1250. The van der Waals surface area contributed by atoms with Crippen LogP contribution >= 0.6 is 0 Å². The molecule has 4 rings (SSSR count). The third-order valence-electron chi connectivity index (χ3n) is 4.39. The summed E-state index contributed by atoms with van der Waals surface area (Å²) in [6, 6.07) is 6.36. The van der Waals surface area contributed by atoms with Gasteiger partial charge in [-0.25, -0.2) is 9.49 Å². The topological polar surface area (TPSA) is 83.5 Å². The first-order valence-electron chi connectivity index (χ1n) is 7.78. The fourth-order valence-corrected chi connectivity index (χ4v) is 3.28. The number of aryl methyl sites for hydroxylation is 2. The summed E-state index contributed by atoms with van der Waals surface area (Å²) in [6.07, 6.45) is 2.28. The molecule has 0 aliphatic heterocycles. The lowest BCUT2D eigenvalue weighted by Gasteiger charge is -2.05. The number of nitrogens with zero attached hydrogens (tertiary/aromatic N) is 2. The van der Waals surface area contributed by atoms with Crippen LogP contribution in [0.5, 0.6) is 0 Å². The van der Waals surface area contributed by atoms with E-state index in [4.69, 9.17) is 0 Å². The van der Waals surface area contributed by atoms with Gasteiger partial charge in [-0.15, -0.1) is 0 Å². The molecule has 25 heavy (non-hydrogen) atoms. The number of rotatable bonds is 2. The summed E-state index contributed by atoms with van der Waals surface area (Å²) in [5.74, 6) is -0.313. The second-order valence-electron chi connectivity index (χ2n) is 6.17. The predicted molar refractivity (Wildman–Crippen MR) is 93.4 cm³/mol. The molecule has 0 spiro atoms. The molecular weight excluding hydrogens is 323 g/mol. The Morgan fingerprint density at radius 2 is 1.96 bits per heavy atom. The summed E-state index contributed by atoms with van der Waals surface area (Å²) < 4.78 is 15.6. The Balaban J connectivity index is 1.96. The van der Waals surface area contributed by atoms with Crippen LogP contribution in [0.3, 0.4) is 0 Å². The minimum absolute atomic E-state index is 0.0574. The van der Waals surface area contributed by atoms with Gasteiger partial charge in [-0.05, 0) is 36.8 Å². The summed E-state index contributed by atoms with van der Waals surface area (Å²) in [4.78, 5) is 26.7. The largest absolute Gasteiger partial charge is 0.350 e. The van der Waals surface area contributed by atoms with Gasteiger partial charge in [-0.2, -0.15) is 5.10 Å². The number of H-pyrrole nitrogens is 2. The molecular formula is C18H15FN4O2. The lowest BCUT2D eigenvalue weighted by atomic mass is 10.0. The summed E-state index contributed by atoms with van der Waals surface area (Å²) in [5.41, 5.74) is 2.03. The Morgan fingerprint density at radius 1 is 1.16 bits per heavy atom. The minimum Gasteiger partial charge on any atom is -0.350 e. The second kappa shape index (κ2) is 5.41. The molecule has 0 amide bonds. The molecule has 3 heterocycles. The van der Waals surface area contributed by atoms with Gasteiger partial charge in [0.05, 0.1) is 5.69 Å². The summed E-state index contributed by atoms with van der Waals surface area (Å²) >= 11 is 0. The van der Waals surface area contributed by atoms with Crippen molar-refractivity contribution in [1.29, 1.82) is 0 Å². The van der Waals surface area contributed by atoms with Gasteiger partial charge in [0.1, 0.15) is 11.2 Å². The van der Waals surface area contributed by atoms with E-state index in [0.29, 0.717) is 23.2 Å². The van der Waals surface area contributed by atoms with Crippen LogP contribution in [-0.2, 0) is 13.5 Å². The molecule has 0 bridgehead atoms. The van der Waals surface area contributed by atoms with Crippen molar-refractivity contribution < 1.29 is 4.39 Å². The van der Waals surface area contributed by atoms with Crippen LogP contribution in [0, 0.1) is 12.7 Å². The molecule has 0 saturated carbocycles. The van der Waals surface area contributed by atoms with E-state index < -0.39 is 11.1 Å². The smallest absolute Gasteiger partial charge is 0.277 e. The van der Waals surface area contributed by atoms with Gasteiger partial charge in [-0.3, -0.25) is 9.59 Å². The first-order valence-corrected chi connectivity index (χ1v) is 7.78. The highest BCUT2D eigenvalue weighted by Gasteiger charge is 2.14. The van der Waals surface area contributed by atoms with Crippen molar-refractivity contribution in [3.05, 3.63) is 73.9 Å². The number of fused-ring (bicyclic) bond motifs is 2. The molecule has 126 valence electrons. The van der Waals surface area contributed by atoms with E-state index in [2.05, 4.69) is 15.2 Å². The van der Waals surface area contributed by atoms with Crippen molar-refractivity contribution in [2.45, 2.75) is 13.3 Å². The Hall–Kier alpha value is -3.22. The van der Waals surface area contributed by atoms with Gasteiger partial charge in [0.25, 0.3) is 11.1 Å². The van der Waals surface area contributed by atoms with Crippen LogP contribution in [0.25, 0.3) is 21.7 Å². The summed E-state index contributed by atoms with van der Waals surface area (Å²) in [6.45, 7) is 1.75. The van der Waals surface area contributed by atoms with Crippen molar-refractivity contribution >= 4 is 21.7 Å². The third-order valence-corrected chi connectivity index (χ3v) is 4.39. The van der Waals surface area contributed by atoms with Crippen LogP contribution in [0.1, 0.15) is 17.0 Å². The van der Waals surface area contributed by atoms with Gasteiger partial charge in [-0.1, -0.05) is 0 Å². The summed E-state index contributed by atoms with van der Waals surface area (Å²) in [7, 11) is 1.89. The van der Waals surface area contributed by atoms with E-state index >= 15 is 0 Å². The molecule has 0 saturated heterocycles. The lowest BCUT2D eigenvalue weighted by Crippen LogP contribution is -2.21. The molecule has 0 fully saturated rings. The van der Waals surface area contributed by atoms with E-state index in [1.165, 1.54) is 12.1 Å². The number of hydrogen-bond acceptors (Lipinski definition) is 3. The van der Waals surface area contributed by atoms with Crippen LogP contribution in [0.4, 0.5) is 4.39 Å². The Kier molecular flexibility index (Phi) is 3.31. The molecule has 0 aliphatic carbocycles. The Labute approximate surface area is 140 Å². The minimum atomic E-state index is -0.524. The van der Waals surface area contributed by atoms with E-state index in [9.17, 15) is 14.0 Å². The lowest BCUT2D eigenvalue weighted by molar-refractivity contribution is 0.629. The number of aromatic nitrogens is 4. The number of benzene rings is 1. The number of halogens is 1.